The molecule has 0 saturated carbocycles. The van der Waals surface area contributed by atoms with E-state index in [1.807, 2.05) is 25.1 Å². The number of aromatic hydroxyl groups is 1. The summed E-state index contributed by atoms with van der Waals surface area (Å²) in [6.45, 7) is 7.25. The number of rotatable bonds is 5. The van der Waals surface area contributed by atoms with E-state index >= 15 is 0 Å². The van der Waals surface area contributed by atoms with Crippen molar-refractivity contribution in [3.05, 3.63) is 53.1 Å². The number of hydrogen-bond donors (Lipinski definition) is 4. The van der Waals surface area contributed by atoms with Gasteiger partial charge in [0.2, 0.25) is 0 Å². The molecule has 0 spiro atoms. The third kappa shape index (κ3) is 4.20. The molecule has 8 nitrogen and oxygen atoms in total. The van der Waals surface area contributed by atoms with Crippen LogP contribution in [-0.4, -0.2) is 69.1 Å². The van der Waals surface area contributed by atoms with Crippen LogP contribution in [0.15, 0.2) is 30.3 Å². The summed E-state index contributed by atoms with van der Waals surface area (Å²) in [5, 5.41) is 21.8. The molecule has 4 aromatic rings. The maximum absolute atomic E-state index is 14.1. The first-order chi connectivity index (χ1) is 17.1. The molecule has 2 aromatic carbocycles. The maximum Gasteiger partial charge on any atom is 0.165 e. The van der Waals surface area contributed by atoms with Gasteiger partial charge >= 0.3 is 0 Å². The number of benzene rings is 2. The van der Waals surface area contributed by atoms with Crippen molar-refractivity contribution in [2.45, 2.75) is 32.4 Å². The number of aromatic nitrogens is 4. The fourth-order valence-corrected chi connectivity index (χ4v) is 5.17. The van der Waals surface area contributed by atoms with Gasteiger partial charge in [0.25, 0.3) is 0 Å². The highest BCUT2D eigenvalue weighted by Gasteiger charge is 2.25. The molecule has 2 aliphatic rings. The Morgan fingerprint density at radius 1 is 1.26 bits per heavy atom. The van der Waals surface area contributed by atoms with Crippen LogP contribution in [-0.2, 0) is 24.1 Å². The van der Waals surface area contributed by atoms with Gasteiger partial charge in [-0.1, -0.05) is 13.0 Å². The van der Waals surface area contributed by atoms with Crippen molar-refractivity contribution in [2.75, 3.05) is 32.8 Å². The summed E-state index contributed by atoms with van der Waals surface area (Å²) in [4.78, 5) is 10.8. The Hall–Kier alpha value is -3.27. The highest BCUT2D eigenvalue weighted by Crippen LogP contribution is 2.34. The second-order valence-electron chi connectivity index (χ2n) is 9.34. The van der Waals surface area contributed by atoms with Gasteiger partial charge in [0.1, 0.15) is 5.69 Å². The number of phenolic OH excluding ortho intramolecular Hbond substituents is 1. The predicted molar refractivity (Wildman–Crippen MR) is 132 cm³/mol. The molecule has 0 amide bonds. The minimum Gasteiger partial charge on any atom is -0.505 e. The van der Waals surface area contributed by atoms with Gasteiger partial charge in [-0.2, -0.15) is 5.10 Å². The van der Waals surface area contributed by atoms with Crippen LogP contribution in [0, 0.1) is 5.82 Å². The van der Waals surface area contributed by atoms with Gasteiger partial charge in [0, 0.05) is 50.2 Å². The van der Waals surface area contributed by atoms with Crippen LogP contribution in [0.4, 0.5) is 4.39 Å². The maximum atomic E-state index is 14.1. The molecular formula is C26H29FN6O2. The molecule has 35 heavy (non-hydrogen) atoms. The first-order valence-electron chi connectivity index (χ1n) is 12.2. The summed E-state index contributed by atoms with van der Waals surface area (Å²) in [6, 6.07) is 8.83. The molecule has 2 aromatic heterocycles. The first kappa shape index (κ1) is 22.2. The number of aromatic amines is 2. The van der Waals surface area contributed by atoms with Gasteiger partial charge < -0.3 is 20.1 Å². The van der Waals surface area contributed by atoms with Crippen molar-refractivity contribution in [3.8, 4) is 28.4 Å². The first-order valence-corrected chi connectivity index (χ1v) is 12.2. The Labute approximate surface area is 202 Å². The molecule has 9 heteroatoms. The summed E-state index contributed by atoms with van der Waals surface area (Å²) in [6.07, 6.45) is 1.83. The highest BCUT2D eigenvalue weighted by atomic mass is 19.1. The smallest absolute Gasteiger partial charge is 0.165 e. The molecular weight excluding hydrogens is 447 g/mol. The van der Waals surface area contributed by atoms with Crippen LogP contribution in [0.3, 0.4) is 0 Å². The monoisotopic (exact) mass is 476 g/mol. The van der Waals surface area contributed by atoms with Crippen molar-refractivity contribution in [2.24, 2.45) is 0 Å². The number of phenols is 1. The number of aryl methyl sites for hydroxylation is 1. The summed E-state index contributed by atoms with van der Waals surface area (Å²) in [7, 11) is 0. The van der Waals surface area contributed by atoms with Gasteiger partial charge in [0.15, 0.2) is 17.4 Å². The molecule has 182 valence electrons. The second kappa shape index (κ2) is 9.07. The Kier molecular flexibility index (Phi) is 5.75. The van der Waals surface area contributed by atoms with E-state index in [2.05, 4.69) is 25.4 Å². The fourth-order valence-electron chi connectivity index (χ4n) is 5.17. The third-order valence-corrected chi connectivity index (χ3v) is 7.03. The molecule has 0 aliphatic carbocycles. The number of nitrogens with one attached hydrogen (secondary N) is 3. The van der Waals surface area contributed by atoms with Crippen LogP contribution in [0.2, 0.25) is 0 Å². The number of hydrogen-bond acceptors (Lipinski definition) is 6. The molecule has 4 heterocycles. The largest absolute Gasteiger partial charge is 0.505 e. The normalized spacial score (nSPS) is 18.7. The lowest BCUT2D eigenvalue weighted by Crippen LogP contribution is -2.46. The number of ether oxygens (including phenoxy) is 1. The molecule has 4 N–H and O–H groups in total. The standard InChI is InChI=1S/C26H29FN6O2/c1-2-15-10-24(34)20(27)11-19(15)16-3-4-18-22(9-16)31-32-25(18)26-29-21-5-7-33(14-23(21)30-26)13-17-12-28-6-8-35-17/h3-4,9-11,17,28,34H,2,5-8,12-14H2,1H3,(H,29,30)(H,31,32). The number of fused-ring (bicyclic) bond motifs is 2. The lowest BCUT2D eigenvalue weighted by molar-refractivity contribution is 0.00273. The quantitative estimate of drug-likeness (QED) is 0.352. The zero-order valence-electron chi connectivity index (χ0n) is 19.7. The van der Waals surface area contributed by atoms with Crippen molar-refractivity contribution < 1.29 is 14.2 Å². The van der Waals surface area contributed by atoms with E-state index in [0.717, 1.165) is 90.6 Å². The van der Waals surface area contributed by atoms with Gasteiger partial charge in [-0.15, -0.1) is 0 Å². The second-order valence-corrected chi connectivity index (χ2v) is 9.34. The van der Waals surface area contributed by atoms with Crippen molar-refractivity contribution in [1.29, 1.82) is 0 Å². The Morgan fingerprint density at radius 3 is 3.00 bits per heavy atom. The van der Waals surface area contributed by atoms with Crippen LogP contribution in [0.25, 0.3) is 33.5 Å². The van der Waals surface area contributed by atoms with Gasteiger partial charge in [0.05, 0.1) is 23.9 Å². The van der Waals surface area contributed by atoms with E-state index < -0.39 is 5.82 Å². The third-order valence-electron chi connectivity index (χ3n) is 7.03. The zero-order valence-corrected chi connectivity index (χ0v) is 19.7. The lowest BCUT2D eigenvalue weighted by atomic mass is 9.96. The number of imidazole rings is 1. The van der Waals surface area contributed by atoms with Crippen molar-refractivity contribution >= 4 is 10.9 Å². The summed E-state index contributed by atoms with van der Waals surface area (Å²) in [5.74, 6) is -0.181. The summed E-state index contributed by atoms with van der Waals surface area (Å²) in [5.41, 5.74) is 6.39. The van der Waals surface area contributed by atoms with E-state index in [-0.39, 0.29) is 11.9 Å². The van der Waals surface area contributed by atoms with Gasteiger partial charge in [-0.25, -0.2) is 9.37 Å². The van der Waals surface area contributed by atoms with Gasteiger partial charge in [-0.05, 0) is 47.4 Å². The minimum absolute atomic E-state index is 0.225. The lowest BCUT2D eigenvalue weighted by Gasteiger charge is -2.31. The average Bonchev–Trinajstić information content (AvgIpc) is 3.49. The molecule has 1 atom stereocenters. The van der Waals surface area contributed by atoms with E-state index in [1.54, 1.807) is 0 Å². The number of morpholine rings is 1. The van der Waals surface area contributed by atoms with Gasteiger partial charge in [-0.3, -0.25) is 10.00 Å². The predicted octanol–water partition coefficient (Wildman–Crippen LogP) is 3.37. The molecule has 0 radical (unpaired) electrons. The Morgan fingerprint density at radius 2 is 2.17 bits per heavy atom. The van der Waals surface area contributed by atoms with E-state index in [1.165, 1.54) is 17.8 Å². The number of halogens is 1. The summed E-state index contributed by atoms with van der Waals surface area (Å²) >= 11 is 0. The highest BCUT2D eigenvalue weighted by molar-refractivity contribution is 5.94. The van der Waals surface area contributed by atoms with E-state index in [4.69, 9.17) is 9.72 Å². The average molecular weight is 477 g/mol. The zero-order chi connectivity index (χ0) is 23.9. The van der Waals surface area contributed by atoms with Crippen LogP contribution < -0.4 is 5.32 Å². The van der Waals surface area contributed by atoms with Crippen LogP contribution >= 0.6 is 0 Å². The summed E-state index contributed by atoms with van der Waals surface area (Å²) < 4.78 is 20.0. The number of nitrogens with zero attached hydrogens (tertiary/aromatic N) is 3. The van der Waals surface area contributed by atoms with Crippen molar-refractivity contribution in [1.82, 2.24) is 30.4 Å². The minimum atomic E-state index is -0.621. The molecule has 1 fully saturated rings. The molecule has 0 bridgehead atoms. The van der Waals surface area contributed by atoms with Crippen LogP contribution in [0.5, 0.6) is 5.75 Å². The van der Waals surface area contributed by atoms with Crippen LogP contribution in [0.1, 0.15) is 23.9 Å². The molecule has 1 unspecified atom stereocenters. The van der Waals surface area contributed by atoms with E-state index in [0.29, 0.717) is 6.42 Å². The fraction of sp³-hybridized carbons (Fsp3) is 0.385. The topological polar surface area (TPSA) is 102 Å². The SMILES string of the molecule is CCc1cc(O)c(F)cc1-c1ccc2c(-c3nc4c([nH]3)CCN(CC3CNCCO3)C4)n[nH]c2c1. The molecule has 2 aliphatic heterocycles. The molecule has 6 rings (SSSR count). The Bertz CT molecular complexity index is 1370. The van der Waals surface area contributed by atoms with Crippen molar-refractivity contribution in [3.63, 3.8) is 0 Å². The molecule has 1 saturated heterocycles. The Balaban J connectivity index is 1.26. The number of H-pyrrole nitrogens is 2. The van der Waals surface area contributed by atoms with E-state index in [9.17, 15) is 9.50 Å².